The molecule has 1 aromatic heterocycles. The van der Waals surface area contributed by atoms with Gasteiger partial charge in [0.25, 0.3) is 5.56 Å². The Hall–Kier alpha value is -2.50. The summed E-state index contributed by atoms with van der Waals surface area (Å²) in [6, 6.07) is 15.6. The molecule has 1 atom stereocenters. The van der Waals surface area contributed by atoms with Crippen LogP contribution in [0.2, 0.25) is 0 Å². The van der Waals surface area contributed by atoms with E-state index in [1.165, 1.54) is 0 Å². The van der Waals surface area contributed by atoms with Gasteiger partial charge < -0.3 is 10.1 Å². The maximum atomic E-state index is 13.3. The average molecular weight is 352 g/mol. The summed E-state index contributed by atoms with van der Waals surface area (Å²) in [6.07, 6.45) is 0.858. The second-order valence-electron chi connectivity index (χ2n) is 6.42. The monoisotopic (exact) mass is 352 g/mol. The molecule has 0 aliphatic heterocycles. The zero-order valence-electron chi connectivity index (χ0n) is 15.6. The highest BCUT2D eigenvalue weighted by atomic mass is 16.5. The van der Waals surface area contributed by atoms with E-state index in [2.05, 4.69) is 25.2 Å². The number of aryl methyl sites for hydroxylation is 1. The van der Waals surface area contributed by atoms with Crippen molar-refractivity contribution in [1.29, 1.82) is 0 Å². The van der Waals surface area contributed by atoms with E-state index in [4.69, 9.17) is 9.72 Å². The Morgan fingerprint density at radius 2 is 1.88 bits per heavy atom. The number of methoxy groups -OCH3 is 1. The Bertz CT molecular complexity index is 949. The standard InChI is InChI=1S/C21H25N3O2/c1-4-16-9-5-8-12-19(16)24-20(15(2)22-13-14-26-3)23-18-11-7-6-10-17(18)21(24)25/h5-12,15,22H,4,13-14H2,1-3H3/p+1/t15-/m0/s1. The SMILES string of the molecule is CCc1ccccc1-n1c([C@H](C)[NH2+]CCOC)nc2ccccc2c1=O. The summed E-state index contributed by atoms with van der Waals surface area (Å²) >= 11 is 0. The summed E-state index contributed by atoms with van der Waals surface area (Å²) in [7, 11) is 1.69. The maximum Gasteiger partial charge on any atom is 0.266 e. The van der Waals surface area contributed by atoms with Crippen molar-refractivity contribution in [2.45, 2.75) is 26.3 Å². The number of rotatable bonds is 7. The van der Waals surface area contributed by atoms with Gasteiger partial charge in [-0.15, -0.1) is 0 Å². The second kappa shape index (κ2) is 8.25. The quantitative estimate of drug-likeness (QED) is 0.663. The van der Waals surface area contributed by atoms with Crippen LogP contribution in [0.4, 0.5) is 0 Å². The van der Waals surface area contributed by atoms with Gasteiger partial charge in [0.15, 0.2) is 5.82 Å². The highest BCUT2D eigenvalue weighted by Crippen LogP contribution is 2.19. The van der Waals surface area contributed by atoms with E-state index in [1.54, 1.807) is 11.7 Å². The lowest BCUT2D eigenvalue weighted by Crippen LogP contribution is -2.86. The van der Waals surface area contributed by atoms with Gasteiger partial charge in [0.2, 0.25) is 0 Å². The van der Waals surface area contributed by atoms with Crippen LogP contribution in [0, 0.1) is 0 Å². The molecule has 0 amide bonds. The van der Waals surface area contributed by atoms with Crippen LogP contribution in [-0.2, 0) is 11.2 Å². The first kappa shape index (κ1) is 18.3. The summed E-state index contributed by atoms with van der Waals surface area (Å²) in [6.45, 7) is 5.66. The summed E-state index contributed by atoms with van der Waals surface area (Å²) in [5.41, 5.74) is 2.78. The van der Waals surface area contributed by atoms with Crippen molar-refractivity contribution in [2.24, 2.45) is 0 Å². The Kier molecular flexibility index (Phi) is 5.81. The molecule has 0 bridgehead atoms. The van der Waals surface area contributed by atoms with Crippen LogP contribution in [0.5, 0.6) is 0 Å². The molecular formula is C21H26N3O2+. The number of nitrogens with two attached hydrogens (primary N) is 1. The molecular weight excluding hydrogens is 326 g/mol. The van der Waals surface area contributed by atoms with Crippen LogP contribution < -0.4 is 10.9 Å². The third-order valence-electron chi connectivity index (χ3n) is 4.66. The molecule has 1 heterocycles. The van der Waals surface area contributed by atoms with Crippen LogP contribution in [0.25, 0.3) is 16.6 Å². The number of fused-ring (bicyclic) bond motifs is 1. The van der Waals surface area contributed by atoms with Crippen molar-refractivity contribution in [1.82, 2.24) is 9.55 Å². The summed E-state index contributed by atoms with van der Waals surface area (Å²) in [5.74, 6) is 0.769. The molecule has 2 N–H and O–H groups in total. The van der Waals surface area contributed by atoms with Gasteiger partial charge in [0, 0.05) is 7.11 Å². The number of nitrogens with zero attached hydrogens (tertiary/aromatic N) is 2. The Labute approximate surface area is 153 Å². The molecule has 5 nitrogen and oxygen atoms in total. The van der Waals surface area contributed by atoms with Crippen LogP contribution in [0.15, 0.2) is 53.3 Å². The van der Waals surface area contributed by atoms with Gasteiger partial charge in [-0.1, -0.05) is 37.3 Å². The summed E-state index contributed by atoms with van der Waals surface area (Å²) < 4.78 is 6.94. The van der Waals surface area contributed by atoms with Gasteiger partial charge in [-0.05, 0) is 37.1 Å². The molecule has 2 aromatic carbocycles. The second-order valence-corrected chi connectivity index (χ2v) is 6.42. The van der Waals surface area contributed by atoms with E-state index in [0.717, 1.165) is 35.6 Å². The molecule has 0 saturated heterocycles. The highest BCUT2D eigenvalue weighted by molar-refractivity contribution is 5.78. The van der Waals surface area contributed by atoms with Crippen LogP contribution in [0.3, 0.4) is 0 Å². The smallest absolute Gasteiger partial charge is 0.266 e. The first-order valence-corrected chi connectivity index (χ1v) is 9.09. The van der Waals surface area contributed by atoms with E-state index in [9.17, 15) is 4.79 Å². The molecule has 136 valence electrons. The van der Waals surface area contributed by atoms with Gasteiger partial charge in [-0.3, -0.25) is 9.36 Å². The number of ether oxygens (including phenoxy) is 1. The molecule has 0 fully saturated rings. The average Bonchev–Trinajstić information content (AvgIpc) is 2.68. The minimum atomic E-state index is -0.0153. The zero-order valence-corrected chi connectivity index (χ0v) is 15.6. The highest BCUT2D eigenvalue weighted by Gasteiger charge is 2.21. The number of aromatic nitrogens is 2. The number of hydrogen-bond acceptors (Lipinski definition) is 3. The fourth-order valence-corrected chi connectivity index (χ4v) is 3.26. The molecule has 0 saturated carbocycles. The van der Waals surface area contributed by atoms with Crippen LogP contribution in [-0.4, -0.2) is 29.8 Å². The molecule has 5 heteroatoms. The van der Waals surface area contributed by atoms with Gasteiger partial charge >= 0.3 is 0 Å². The topological polar surface area (TPSA) is 60.7 Å². The Balaban J connectivity index is 2.23. The van der Waals surface area contributed by atoms with Gasteiger partial charge in [-0.2, -0.15) is 0 Å². The minimum Gasteiger partial charge on any atom is -0.379 e. The van der Waals surface area contributed by atoms with Gasteiger partial charge in [0.1, 0.15) is 6.04 Å². The first-order chi connectivity index (χ1) is 12.7. The first-order valence-electron chi connectivity index (χ1n) is 9.09. The number of para-hydroxylation sites is 2. The van der Waals surface area contributed by atoms with Crippen molar-refractivity contribution in [3.8, 4) is 5.69 Å². The van der Waals surface area contributed by atoms with Gasteiger partial charge in [-0.25, -0.2) is 4.98 Å². The van der Waals surface area contributed by atoms with E-state index in [-0.39, 0.29) is 11.6 Å². The molecule has 26 heavy (non-hydrogen) atoms. The number of benzene rings is 2. The van der Waals surface area contributed by atoms with Crippen molar-refractivity contribution >= 4 is 10.9 Å². The molecule has 0 aliphatic carbocycles. The predicted molar refractivity (Wildman–Crippen MR) is 104 cm³/mol. The van der Waals surface area contributed by atoms with E-state index < -0.39 is 0 Å². The van der Waals surface area contributed by atoms with Crippen molar-refractivity contribution in [2.75, 3.05) is 20.3 Å². The Morgan fingerprint density at radius 3 is 2.65 bits per heavy atom. The van der Waals surface area contributed by atoms with Crippen molar-refractivity contribution in [3.05, 3.63) is 70.3 Å². The molecule has 3 rings (SSSR count). The third kappa shape index (κ3) is 3.54. The van der Waals surface area contributed by atoms with Crippen LogP contribution in [0.1, 0.15) is 31.3 Å². The molecule has 0 aliphatic rings. The predicted octanol–water partition coefficient (Wildman–Crippen LogP) is 2.22. The maximum absolute atomic E-state index is 13.3. The summed E-state index contributed by atoms with van der Waals surface area (Å²) in [4.78, 5) is 18.2. The van der Waals surface area contributed by atoms with Crippen molar-refractivity contribution < 1.29 is 10.1 Å². The van der Waals surface area contributed by atoms with Crippen molar-refractivity contribution in [3.63, 3.8) is 0 Å². The molecule has 3 aromatic rings. The van der Waals surface area contributed by atoms with E-state index in [1.807, 2.05) is 42.5 Å². The molecule has 0 spiro atoms. The summed E-state index contributed by atoms with van der Waals surface area (Å²) in [5, 5.41) is 2.80. The van der Waals surface area contributed by atoms with Crippen LogP contribution >= 0.6 is 0 Å². The lowest BCUT2D eigenvalue weighted by molar-refractivity contribution is -0.695. The Morgan fingerprint density at radius 1 is 1.15 bits per heavy atom. The molecule has 0 unspecified atom stereocenters. The number of quaternary nitrogens is 1. The fraction of sp³-hybridized carbons (Fsp3) is 0.333. The lowest BCUT2D eigenvalue weighted by atomic mass is 10.1. The third-order valence-corrected chi connectivity index (χ3v) is 4.66. The normalized spacial score (nSPS) is 12.4. The lowest BCUT2D eigenvalue weighted by Gasteiger charge is -2.19. The van der Waals surface area contributed by atoms with E-state index >= 15 is 0 Å². The number of hydrogen-bond donors (Lipinski definition) is 1. The minimum absolute atomic E-state index is 0.0153. The molecule has 0 radical (unpaired) electrons. The largest absolute Gasteiger partial charge is 0.379 e. The zero-order chi connectivity index (χ0) is 18.5. The van der Waals surface area contributed by atoms with E-state index in [0.29, 0.717) is 12.0 Å². The fourth-order valence-electron chi connectivity index (χ4n) is 3.26. The van der Waals surface area contributed by atoms with Gasteiger partial charge in [0.05, 0.1) is 29.7 Å².